The molecule has 1 aromatic heterocycles. The Hall–Kier alpha value is -3.76. The van der Waals surface area contributed by atoms with Crippen LogP contribution in [-0.2, 0) is 11.2 Å². The number of ether oxygens (including phenoxy) is 2. The van der Waals surface area contributed by atoms with Gasteiger partial charge in [0.05, 0.1) is 13.2 Å². The Morgan fingerprint density at radius 1 is 1.00 bits per heavy atom. The number of carbonyl (C=O) groups is 2. The highest BCUT2D eigenvalue weighted by Crippen LogP contribution is 2.40. The molecule has 0 aliphatic carbocycles. The lowest BCUT2D eigenvalue weighted by Gasteiger charge is -2.35. The Balaban J connectivity index is 1.22. The second-order valence-electron chi connectivity index (χ2n) is 10.1. The highest BCUT2D eigenvalue weighted by Gasteiger charge is 2.36. The molecule has 2 amide bonds. The molecule has 4 aromatic rings. The van der Waals surface area contributed by atoms with Crippen molar-refractivity contribution < 1.29 is 24.2 Å². The fourth-order valence-electron chi connectivity index (χ4n) is 5.42. The summed E-state index contributed by atoms with van der Waals surface area (Å²) in [4.78, 5) is 31.8. The zero-order chi connectivity index (χ0) is 28.5. The third-order valence-corrected chi connectivity index (χ3v) is 7.87. The second-order valence-corrected chi connectivity index (χ2v) is 10.9. The van der Waals surface area contributed by atoms with Gasteiger partial charge in [0.15, 0.2) is 6.35 Å². The predicted octanol–water partition coefficient (Wildman–Crippen LogP) is 5.10. The maximum Gasteiger partial charge on any atom is 0.416 e. The Morgan fingerprint density at radius 2 is 1.73 bits per heavy atom. The van der Waals surface area contributed by atoms with E-state index in [1.807, 2.05) is 42.5 Å². The SMILES string of the molecule is O=C1CN(CCCOc2ccc(C3c4[nH]c5ccc(Cl)cc5c4CCN3C(=O)Oc3ccc(Cl)cc3)cc2)C(O)N1. The van der Waals surface area contributed by atoms with Gasteiger partial charge in [0.1, 0.15) is 17.5 Å². The van der Waals surface area contributed by atoms with Crippen LogP contribution in [0.2, 0.25) is 10.0 Å². The number of amides is 2. The number of halogens is 2. The summed E-state index contributed by atoms with van der Waals surface area (Å²) in [5, 5.41) is 14.5. The molecule has 41 heavy (non-hydrogen) atoms. The van der Waals surface area contributed by atoms with Gasteiger partial charge in [-0.05, 0) is 78.6 Å². The number of benzene rings is 3. The molecule has 9 nitrogen and oxygen atoms in total. The van der Waals surface area contributed by atoms with Crippen LogP contribution in [0.5, 0.6) is 11.5 Å². The molecular weight excluding hydrogens is 567 g/mol. The minimum Gasteiger partial charge on any atom is -0.494 e. The molecular formula is C30H28Cl2N4O5. The number of aliphatic hydroxyl groups is 1. The second kappa shape index (κ2) is 11.6. The highest BCUT2D eigenvalue weighted by molar-refractivity contribution is 6.31. The van der Waals surface area contributed by atoms with Crippen molar-refractivity contribution in [2.75, 3.05) is 26.2 Å². The predicted molar refractivity (Wildman–Crippen MR) is 155 cm³/mol. The number of aromatic amines is 1. The fourth-order valence-corrected chi connectivity index (χ4v) is 5.72. The molecule has 3 aromatic carbocycles. The number of rotatable bonds is 7. The van der Waals surface area contributed by atoms with Crippen molar-refractivity contribution in [2.24, 2.45) is 0 Å². The molecule has 2 atom stereocenters. The summed E-state index contributed by atoms with van der Waals surface area (Å²) in [5.74, 6) is 0.904. The quantitative estimate of drug-likeness (QED) is 0.257. The van der Waals surface area contributed by atoms with Crippen molar-refractivity contribution in [2.45, 2.75) is 25.2 Å². The van der Waals surface area contributed by atoms with Gasteiger partial charge in [-0.1, -0.05) is 35.3 Å². The van der Waals surface area contributed by atoms with Crippen LogP contribution >= 0.6 is 23.2 Å². The summed E-state index contributed by atoms with van der Waals surface area (Å²) in [6.45, 7) is 1.59. The number of hydrogen-bond donors (Lipinski definition) is 3. The monoisotopic (exact) mass is 594 g/mol. The molecule has 1 fully saturated rings. The summed E-state index contributed by atoms with van der Waals surface area (Å²) in [7, 11) is 0. The van der Waals surface area contributed by atoms with Crippen molar-refractivity contribution in [1.29, 1.82) is 0 Å². The number of H-pyrrole nitrogens is 1. The van der Waals surface area contributed by atoms with Crippen LogP contribution in [-0.4, -0.2) is 64.5 Å². The van der Waals surface area contributed by atoms with E-state index in [9.17, 15) is 14.7 Å². The van der Waals surface area contributed by atoms with Crippen molar-refractivity contribution >= 4 is 46.1 Å². The summed E-state index contributed by atoms with van der Waals surface area (Å²) in [6, 6.07) is 19.7. The maximum absolute atomic E-state index is 13.5. The van der Waals surface area contributed by atoms with Crippen LogP contribution in [0.25, 0.3) is 10.9 Å². The molecule has 1 saturated heterocycles. The molecule has 2 aliphatic rings. The van der Waals surface area contributed by atoms with Gasteiger partial charge >= 0.3 is 6.09 Å². The van der Waals surface area contributed by atoms with E-state index in [0.717, 1.165) is 27.7 Å². The average molecular weight is 595 g/mol. The third kappa shape index (κ3) is 5.85. The highest BCUT2D eigenvalue weighted by atomic mass is 35.5. The summed E-state index contributed by atoms with van der Waals surface area (Å²) in [6.07, 6.45) is -0.119. The first-order valence-electron chi connectivity index (χ1n) is 13.3. The van der Waals surface area contributed by atoms with Crippen LogP contribution < -0.4 is 14.8 Å². The summed E-state index contributed by atoms with van der Waals surface area (Å²) < 4.78 is 11.6. The van der Waals surface area contributed by atoms with Gasteiger partial charge < -0.3 is 24.9 Å². The first-order valence-corrected chi connectivity index (χ1v) is 14.1. The molecule has 11 heteroatoms. The zero-order valence-electron chi connectivity index (χ0n) is 22.0. The van der Waals surface area contributed by atoms with Gasteiger partial charge in [-0.15, -0.1) is 0 Å². The minimum absolute atomic E-state index is 0.177. The van der Waals surface area contributed by atoms with Gasteiger partial charge in [-0.3, -0.25) is 14.6 Å². The van der Waals surface area contributed by atoms with Gasteiger partial charge in [0.2, 0.25) is 5.91 Å². The number of nitrogens with zero attached hydrogens (tertiary/aromatic N) is 2. The number of nitrogens with one attached hydrogen (secondary N) is 2. The van der Waals surface area contributed by atoms with E-state index in [2.05, 4.69) is 10.3 Å². The Kier molecular flexibility index (Phi) is 7.77. The van der Waals surface area contributed by atoms with E-state index < -0.39 is 18.5 Å². The minimum atomic E-state index is -0.947. The van der Waals surface area contributed by atoms with Crippen LogP contribution in [0, 0.1) is 0 Å². The number of carbonyl (C=O) groups excluding carboxylic acids is 2. The molecule has 3 N–H and O–H groups in total. The zero-order valence-corrected chi connectivity index (χ0v) is 23.5. The van der Waals surface area contributed by atoms with Gasteiger partial charge in [0.25, 0.3) is 0 Å². The van der Waals surface area contributed by atoms with E-state index in [1.54, 1.807) is 34.1 Å². The summed E-state index contributed by atoms with van der Waals surface area (Å²) in [5.41, 5.74) is 3.90. The molecule has 6 rings (SSSR count). The smallest absolute Gasteiger partial charge is 0.416 e. The van der Waals surface area contributed by atoms with E-state index in [1.165, 1.54) is 0 Å². The van der Waals surface area contributed by atoms with E-state index in [0.29, 0.717) is 54.1 Å². The van der Waals surface area contributed by atoms with Crippen LogP contribution in [0.3, 0.4) is 0 Å². The number of aromatic nitrogens is 1. The lowest BCUT2D eigenvalue weighted by atomic mass is 9.92. The molecule has 0 saturated carbocycles. The number of fused-ring (bicyclic) bond motifs is 3. The topological polar surface area (TPSA) is 107 Å². The van der Waals surface area contributed by atoms with Crippen molar-refractivity contribution in [1.82, 2.24) is 20.1 Å². The van der Waals surface area contributed by atoms with E-state index in [4.69, 9.17) is 32.7 Å². The fraction of sp³-hybridized carbons (Fsp3) is 0.267. The average Bonchev–Trinajstić information content (AvgIpc) is 3.49. The molecule has 0 spiro atoms. The Bertz CT molecular complexity index is 1570. The Morgan fingerprint density at radius 3 is 2.46 bits per heavy atom. The first-order chi connectivity index (χ1) is 19.9. The lowest BCUT2D eigenvalue weighted by Crippen LogP contribution is -2.42. The van der Waals surface area contributed by atoms with E-state index >= 15 is 0 Å². The molecule has 0 radical (unpaired) electrons. The van der Waals surface area contributed by atoms with E-state index in [-0.39, 0.29) is 12.5 Å². The number of aliphatic hydroxyl groups excluding tert-OH is 1. The molecule has 212 valence electrons. The Labute approximate surface area is 246 Å². The van der Waals surface area contributed by atoms with Crippen molar-refractivity contribution in [3.05, 3.63) is 93.6 Å². The van der Waals surface area contributed by atoms with Crippen molar-refractivity contribution in [3.8, 4) is 11.5 Å². The van der Waals surface area contributed by atoms with Crippen LogP contribution in [0.4, 0.5) is 4.79 Å². The number of hydrogen-bond acceptors (Lipinski definition) is 6. The normalized spacial score (nSPS) is 18.8. The first kappa shape index (κ1) is 27.4. The molecule has 2 aliphatic heterocycles. The standard InChI is InChI=1S/C30H28Cl2N4O5/c31-19-4-9-22(10-5-19)41-30(39)36-14-12-23-24-16-20(32)6-11-25(24)33-27(23)28(36)18-2-7-21(8-3-18)40-15-1-13-35-17-26(37)34-29(35)38/h2-11,16,28-29,33,38H,1,12-15,17H2,(H,34,37). The largest absolute Gasteiger partial charge is 0.494 e. The molecule has 2 unspecified atom stereocenters. The lowest BCUT2D eigenvalue weighted by molar-refractivity contribution is -0.119. The van der Waals surface area contributed by atoms with Crippen molar-refractivity contribution in [3.63, 3.8) is 0 Å². The van der Waals surface area contributed by atoms with Gasteiger partial charge in [0, 0.05) is 39.7 Å². The van der Waals surface area contributed by atoms with Crippen LogP contribution in [0.1, 0.15) is 29.3 Å². The molecule has 0 bridgehead atoms. The maximum atomic E-state index is 13.5. The van der Waals surface area contributed by atoms with Crippen LogP contribution in [0.15, 0.2) is 66.7 Å². The third-order valence-electron chi connectivity index (χ3n) is 7.38. The van der Waals surface area contributed by atoms with Gasteiger partial charge in [-0.25, -0.2) is 4.79 Å². The van der Waals surface area contributed by atoms with Gasteiger partial charge in [-0.2, -0.15) is 0 Å². The molecule has 3 heterocycles. The summed E-state index contributed by atoms with van der Waals surface area (Å²) >= 11 is 12.3.